The number of benzene rings is 2. The van der Waals surface area contributed by atoms with Crippen LogP contribution in [0, 0.1) is 12.8 Å². The van der Waals surface area contributed by atoms with Crippen molar-refractivity contribution in [3.8, 4) is 0 Å². The number of hydrogen-bond donors (Lipinski definition) is 1. The van der Waals surface area contributed by atoms with Crippen molar-refractivity contribution in [2.24, 2.45) is 5.92 Å². The van der Waals surface area contributed by atoms with Gasteiger partial charge in [-0.2, -0.15) is 4.31 Å². The number of aryl methyl sites for hydroxylation is 1. The third-order valence-electron chi connectivity index (χ3n) is 6.38. The number of nitrogens with one attached hydrogen (secondary N) is 1. The predicted octanol–water partition coefficient (Wildman–Crippen LogP) is 3.55. The Kier molecular flexibility index (Phi) is 7.14. The largest absolute Gasteiger partial charge is 0.338 e. The standard InChI is InChI=1S/C25H31N3O4S/c1-19-9-11-20(12-10-19)17-27-18-21(15-24(27)29)25(30)26-22-7-6-8-23(16-22)33(31,32)28-13-4-2-3-5-14-28/h6-12,16,21H,2-5,13-15,17-18H2,1H3,(H,26,30)/t21-/m0/s1. The van der Waals surface area contributed by atoms with Crippen molar-refractivity contribution in [2.75, 3.05) is 25.0 Å². The van der Waals surface area contributed by atoms with E-state index in [9.17, 15) is 18.0 Å². The number of carbonyl (C=O) groups is 2. The fourth-order valence-electron chi connectivity index (χ4n) is 4.42. The maximum Gasteiger partial charge on any atom is 0.243 e. The molecule has 2 aliphatic rings. The zero-order valence-electron chi connectivity index (χ0n) is 19.0. The number of likely N-dealkylation sites (tertiary alicyclic amines) is 1. The summed E-state index contributed by atoms with van der Waals surface area (Å²) in [4.78, 5) is 27.2. The van der Waals surface area contributed by atoms with E-state index in [1.165, 1.54) is 6.07 Å². The van der Waals surface area contributed by atoms with Crippen molar-refractivity contribution in [1.82, 2.24) is 9.21 Å². The first kappa shape index (κ1) is 23.4. The molecule has 2 fully saturated rings. The van der Waals surface area contributed by atoms with Crippen LogP contribution in [0.1, 0.15) is 43.2 Å². The number of rotatable bonds is 6. The third-order valence-corrected chi connectivity index (χ3v) is 8.28. The number of anilines is 1. The second-order valence-electron chi connectivity index (χ2n) is 9.00. The lowest BCUT2D eigenvalue weighted by molar-refractivity contribution is -0.128. The summed E-state index contributed by atoms with van der Waals surface area (Å²) in [7, 11) is -3.60. The average molecular weight is 470 g/mol. The SMILES string of the molecule is Cc1ccc(CN2C[C@@H](C(=O)Nc3cccc(S(=O)(=O)N4CCCCCC4)c3)CC2=O)cc1. The molecule has 33 heavy (non-hydrogen) atoms. The van der Waals surface area contributed by atoms with Crippen LogP contribution in [-0.2, 0) is 26.2 Å². The molecule has 0 aliphatic carbocycles. The zero-order valence-corrected chi connectivity index (χ0v) is 19.8. The molecule has 8 heteroatoms. The highest BCUT2D eigenvalue weighted by Gasteiger charge is 2.34. The van der Waals surface area contributed by atoms with Crippen molar-refractivity contribution in [2.45, 2.75) is 50.5 Å². The van der Waals surface area contributed by atoms with E-state index in [0.29, 0.717) is 31.9 Å². The smallest absolute Gasteiger partial charge is 0.243 e. The summed E-state index contributed by atoms with van der Waals surface area (Å²) in [6.45, 7) is 3.90. The van der Waals surface area contributed by atoms with Crippen molar-refractivity contribution in [1.29, 1.82) is 0 Å². The second-order valence-corrected chi connectivity index (χ2v) is 10.9. The van der Waals surface area contributed by atoms with E-state index >= 15 is 0 Å². The third kappa shape index (κ3) is 5.62. The summed E-state index contributed by atoms with van der Waals surface area (Å²) in [5.41, 5.74) is 2.62. The van der Waals surface area contributed by atoms with E-state index in [1.54, 1.807) is 27.4 Å². The van der Waals surface area contributed by atoms with Crippen LogP contribution in [0.25, 0.3) is 0 Å². The molecule has 1 N–H and O–H groups in total. The van der Waals surface area contributed by atoms with Gasteiger partial charge in [0.05, 0.1) is 10.8 Å². The molecule has 2 aromatic rings. The number of nitrogens with zero attached hydrogens (tertiary/aromatic N) is 2. The molecule has 1 atom stereocenters. The summed E-state index contributed by atoms with van der Waals surface area (Å²) in [5, 5.41) is 2.82. The topological polar surface area (TPSA) is 86.8 Å². The molecule has 0 aromatic heterocycles. The molecular weight excluding hydrogens is 438 g/mol. The minimum Gasteiger partial charge on any atom is -0.338 e. The van der Waals surface area contributed by atoms with Gasteiger partial charge in [-0.15, -0.1) is 0 Å². The van der Waals surface area contributed by atoms with Crippen LogP contribution in [0.4, 0.5) is 5.69 Å². The number of amides is 2. The molecule has 0 radical (unpaired) electrons. The van der Waals surface area contributed by atoms with Crippen LogP contribution < -0.4 is 5.32 Å². The lowest BCUT2D eigenvalue weighted by Crippen LogP contribution is -2.32. The normalized spacial score (nSPS) is 20.0. The van der Waals surface area contributed by atoms with Crippen LogP contribution in [0.2, 0.25) is 0 Å². The first-order chi connectivity index (χ1) is 15.8. The molecule has 176 valence electrons. The van der Waals surface area contributed by atoms with Crippen LogP contribution in [0.5, 0.6) is 0 Å². The minimum absolute atomic E-state index is 0.0479. The predicted molar refractivity (Wildman–Crippen MR) is 127 cm³/mol. The van der Waals surface area contributed by atoms with Gasteiger partial charge in [-0.25, -0.2) is 8.42 Å². The number of hydrogen-bond acceptors (Lipinski definition) is 4. The Balaban J connectivity index is 1.40. The van der Waals surface area contributed by atoms with Crippen molar-refractivity contribution in [3.05, 3.63) is 59.7 Å². The highest BCUT2D eigenvalue weighted by molar-refractivity contribution is 7.89. The molecule has 2 heterocycles. The Labute approximate surface area is 195 Å². The van der Waals surface area contributed by atoms with Gasteiger partial charge in [-0.05, 0) is 43.5 Å². The molecule has 2 aliphatic heterocycles. The first-order valence-electron chi connectivity index (χ1n) is 11.6. The maximum absolute atomic E-state index is 13.1. The van der Waals surface area contributed by atoms with Gasteiger partial charge < -0.3 is 10.2 Å². The summed E-state index contributed by atoms with van der Waals surface area (Å²) >= 11 is 0. The molecule has 7 nitrogen and oxygen atoms in total. The lowest BCUT2D eigenvalue weighted by Gasteiger charge is -2.20. The van der Waals surface area contributed by atoms with Crippen LogP contribution in [-0.4, -0.2) is 49.1 Å². The monoisotopic (exact) mass is 469 g/mol. The summed E-state index contributed by atoms with van der Waals surface area (Å²) in [6.07, 6.45) is 3.98. The van der Waals surface area contributed by atoms with Gasteiger partial charge in [0, 0.05) is 38.3 Å². The van der Waals surface area contributed by atoms with Gasteiger partial charge in [0.15, 0.2) is 0 Å². The Morgan fingerprint density at radius 1 is 1.03 bits per heavy atom. The molecule has 0 spiro atoms. The molecule has 2 amide bonds. The van der Waals surface area contributed by atoms with Gasteiger partial charge in [0.2, 0.25) is 21.8 Å². The van der Waals surface area contributed by atoms with Gasteiger partial charge in [0.25, 0.3) is 0 Å². The zero-order chi connectivity index (χ0) is 23.4. The van der Waals surface area contributed by atoms with E-state index in [4.69, 9.17) is 0 Å². The molecule has 0 bridgehead atoms. The van der Waals surface area contributed by atoms with Crippen molar-refractivity contribution >= 4 is 27.5 Å². The van der Waals surface area contributed by atoms with Gasteiger partial charge in [0.1, 0.15) is 0 Å². The summed E-state index contributed by atoms with van der Waals surface area (Å²) in [6, 6.07) is 14.4. The fraction of sp³-hybridized carbons (Fsp3) is 0.440. The van der Waals surface area contributed by atoms with Gasteiger partial charge in [-0.1, -0.05) is 48.7 Å². The van der Waals surface area contributed by atoms with E-state index < -0.39 is 15.9 Å². The van der Waals surface area contributed by atoms with E-state index in [1.807, 2.05) is 31.2 Å². The van der Waals surface area contributed by atoms with Crippen molar-refractivity contribution in [3.63, 3.8) is 0 Å². The van der Waals surface area contributed by atoms with Crippen LogP contribution in [0.15, 0.2) is 53.4 Å². The maximum atomic E-state index is 13.1. The molecule has 0 saturated carbocycles. The summed E-state index contributed by atoms with van der Waals surface area (Å²) < 4.78 is 27.7. The Hall–Kier alpha value is -2.71. The van der Waals surface area contributed by atoms with E-state index in [2.05, 4.69) is 5.32 Å². The molecule has 2 saturated heterocycles. The molecule has 2 aromatic carbocycles. The average Bonchev–Trinajstić information content (AvgIpc) is 2.99. The van der Waals surface area contributed by atoms with Gasteiger partial charge >= 0.3 is 0 Å². The number of sulfonamides is 1. The van der Waals surface area contributed by atoms with E-state index in [-0.39, 0.29) is 23.1 Å². The Morgan fingerprint density at radius 3 is 2.42 bits per heavy atom. The highest BCUT2D eigenvalue weighted by Crippen LogP contribution is 2.25. The quantitative estimate of drug-likeness (QED) is 0.701. The Bertz CT molecular complexity index is 1110. The molecule has 0 unspecified atom stereocenters. The second kappa shape index (κ2) is 10.1. The minimum atomic E-state index is -3.60. The summed E-state index contributed by atoms with van der Waals surface area (Å²) in [5.74, 6) is -0.777. The van der Waals surface area contributed by atoms with Crippen molar-refractivity contribution < 1.29 is 18.0 Å². The first-order valence-corrected chi connectivity index (χ1v) is 13.0. The lowest BCUT2D eigenvalue weighted by atomic mass is 10.1. The van der Waals surface area contributed by atoms with Crippen LogP contribution >= 0.6 is 0 Å². The fourth-order valence-corrected chi connectivity index (χ4v) is 5.99. The van der Waals surface area contributed by atoms with Gasteiger partial charge in [-0.3, -0.25) is 9.59 Å². The number of carbonyl (C=O) groups excluding carboxylic acids is 2. The molecule has 4 rings (SSSR count). The van der Waals surface area contributed by atoms with E-state index in [0.717, 1.165) is 36.8 Å². The molecular formula is C25H31N3O4S. The van der Waals surface area contributed by atoms with Crippen LogP contribution in [0.3, 0.4) is 0 Å². The Morgan fingerprint density at radius 2 is 1.73 bits per heavy atom. The highest BCUT2D eigenvalue weighted by atomic mass is 32.2.